The van der Waals surface area contributed by atoms with Crippen LogP contribution in [0.15, 0.2) is 72.3 Å². The fraction of sp³-hybridized carbons (Fsp3) is 0.0435. The van der Waals surface area contributed by atoms with E-state index in [1.807, 2.05) is 24.3 Å². The minimum absolute atomic E-state index is 0.00174. The Balaban J connectivity index is 1.73. The largest absolute Gasteiger partial charge is 0.420 e. The summed E-state index contributed by atoms with van der Waals surface area (Å²) in [6.45, 7) is 0. The van der Waals surface area contributed by atoms with Crippen LogP contribution in [-0.2, 0) is 9.59 Å². The van der Waals surface area contributed by atoms with Crippen LogP contribution in [0.4, 0.5) is 0 Å². The Hall–Kier alpha value is -3.86. The number of Topliss-reactive ketones (excluding diaryl/α,β-unsaturated/α-hetero) is 2. The van der Waals surface area contributed by atoms with E-state index in [-0.39, 0.29) is 22.7 Å². The van der Waals surface area contributed by atoms with Gasteiger partial charge < -0.3 is 4.74 Å². The molecule has 0 fully saturated rings. The zero-order valence-electron chi connectivity index (χ0n) is 14.5. The van der Waals surface area contributed by atoms with Gasteiger partial charge in [-0.25, -0.2) is 4.79 Å². The van der Waals surface area contributed by atoms with Gasteiger partial charge in [0, 0.05) is 22.3 Å². The molecule has 1 unspecified atom stereocenters. The Labute approximate surface area is 159 Å². The fourth-order valence-corrected chi connectivity index (χ4v) is 3.82. The molecule has 0 saturated heterocycles. The number of esters is 1. The van der Waals surface area contributed by atoms with Gasteiger partial charge in [-0.1, -0.05) is 48.5 Å². The molecule has 0 radical (unpaired) electrons. The van der Waals surface area contributed by atoms with Crippen molar-refractivity contribution in [3.8, 4) is 5.75 Å². The molecule has 28 heavy (non-hydrogen) atoms. The van der Waals surface area contributed by atoms with Gasteiger partial charge in [-0.15, -0.1) is 0 Å². The van der Waals surface area contributed by atoms with E-state index in [4.69, 9.17) is 4.74 Å². The summed E-state index contributed by atoms with van der Waals surface area (Å²) in [5.74, 6) is -3.61. The summed E-state index contributed by atoms with van der Waals surface area (Å²) < 4.78 is 5.19. The molecule has 0 amide bonds. The van der Waals surface area contributed by atoms with Crippen LogP contribution in [0.1, 0.15) is 32.2 Å². The topological polar surface area (TPSA) is 77.5 Å². The Bertz CT molecular complexity index is 1260. The molecule has 5 nitrogen and oxygen atoms in total. The summed E-state index contributed by atoms with van der Waals surface area (Å²) >= 11 is 0. The van der Waals surface area contributed by atoms with Gasteiger partial charge in [0.05, 0.1) is 5.92 Å². The van der Waals surface area contributed by atoms with E-state index in [1.54, 1.807) is 36.4 Å². The quantitative estimate of drug-likeness (QED) is 0.374. The molecule has 3 aromatic rings. The van der Waals surface area contributed by atoms with E-state index < -0.39 is 23.5 Å². The number of benzene rings is 3. The number of carbonyl (C=O) groups excluding carboxylic acids is 4. The molecule has 0 saturated carbocycles. The summed E-state index contributed by atoms with van der Waals surface area (Å²) in [5.41, 5.74) is 0.942. The lowest BCUT2D eigenvalue weighted by molar-refractivity contribution is -0.148. The van der Waals surface area contributed by atoms with Crippen molar-refractivity contribution in [3.63, 3.8) is 0 Å². The van der Waals surface area contributed by atoms with Crippen LogP contribution in [-0.4, -0.2) is 23.3 Å². The molecule has 1 heterocycles. The smallest absolute Gasteiger partial charge is 0.381 e. The van der Waals surface area contributed by atoms with Gasteiger partial charge >= 0.3 is 5.97 Å². The minimum Gasteiger partial charge on any atom is -0.420 e. The standard InChI is InChI=1S/C23H12O5/c24-18-11-17(21(25)15-8-4-3-7-14(15)18)20-16-9-12-5-1-2-6-13(12)10-19(16)28-23(27)22(20)26/h1-11,20H. The predicted molar refractivity (Wildman–Crippen MR) is 101 cm³/mol. The maximum atomic E-state index is 13.1. The molecule has 0 bridgehead atoms. The Kier molecular flexibility index (Phi) is 3.39. The molecular weight excluding hydrogens is 356 g/mol. The van der Waals surface area contributed by atoms with Gasteiger partial charge in [0.1, 0.15) is 5.75 Å². The second-order valence-electron chi connectivity index (χ2n) is 6.76. The van der Waals surface area contributed by atoms with Crippen LogP contribution in [0.25, 0.3) is 10.8 Å². The van der Waals surface area contributed by atoms with Crippen LogP contribution in [0.3, 0.4) is 0 Å². The lowest BCUT2D eigenvalue weighted by Crippen LogP contribution is -2.35. The monoisotopic (exact) mass is 368 g/mol. The van der Waals surface area contributed by atoms with E-state index in [1.165, 1.54) is 6.08 Å². The van der Waals surface area contributed by atoms with Gasteiger partial charge in [0.15, 0.2) is 11.6 Å². The molecule has 0 spiro atoms. The van der Waals surface area contributed by atoms with Crippen molar-refractivity contribution in [2.75, 3.05) is 0 Å². The highest BCUT2D eigenvalue weighted by Gasteiger charge is 2.42. The molecular formula is C23H12O5. The van der Waals surface area contributed by atoms with Gasteiger partial charge in [0.2, 0.25) is 0 Å². The second-order valence-corrected chi connectivity index (χ2v) is 6.76. The third-order valence-electron chi connectivity index (χ3n) is 5.15. The highest BCUT2D eigenvalue weighted by molar-refractivity contribution is 6.41. The average molecular weight is 368 g/mol. The molecule has 0 N–H and O–H groups in total. The Morgan fingerprint density at radius 3 is 2.14 bits per heavy atom. The molecule has 1 aliphatic carbocycles. The fourth-order valence-electron chi connectivity index (χ4n) is 3.82. The van der Waals surface area contributed by atoms with Crippen molar-refractivity contribution in [1.29, 1.82) is 0 Å². The highest BCUT2D eigenvalue weighted by Crippen LogP contribution is 2.41. The van der Waals surface area contributed by atoms with Crippen molar-refractivity contribution in [2.45, 2.75) is 5.92 Å². The van der Waals surface area contributed by atoms with Crippen molar-refractivity contribution in [2.24, 2.45) is 0 Å². The van der Waals surface area contributed by atoms with E-state index in [9.17, 15) is 19.2 Å². The number of ketones is 3. The van der Waals surface area contributed by atoms with E-state index in [2.05, 4.69) is 0 Å². The van der Waals surface area contributed by atoms with Gasteiger partial charge in [-0.2, -0.15) is 0 Å². The molecule has 5 rings (SSSR count). The van der Waals surface area contributed by atoms with Crippen molar-refractivity contribution in [1.82, 2.24) is 0 Å². The van der Waals surface area contributed by atoms with Gasteiger partial charge in [0.25, 0.3) is 5.78 Å². The normalized spacial score (nSPS) is 18.4. The van der Waals surface area contributed by atoms with Crippen LogP contribution >= 0.6 is 0 Å². The van der Waals surface area contributed by atoms with Crippen LogP contribution in [0.5, 0.6) is 5.75 Å². The number of hydrogen-bond acceptors (Lipinski definition) is 5. The SMILES string of the molecule is O=C1Oc2cc3ccccc3cc2C(C2=CC(=O)c3ccccc3C2=O)C1=O. The summed E-state index contributed by atoms with van der Waals surface area (Å²) in [7, 11) is 0. The zero-order valence-corrected chi connectivity index (χ0v) is 14.5. The average Bonchev–Trinajstić information content (AvgIpc) is 2.71. The summed E-state index contributed by atoms with van der Waals surface area (Å²) in [5, 5.41) is 1.68. The van der Waals surface area contributed by atoms with E-state index >= 15 is 0 Å². The first-order valence-electron chi connectivity index (χ1n) is 8.73. The number of hydrogen-bond donors (Lipinski definition) is 0. The molecule has 5 heteroatoms. The highest BCUT2D eigenvalue weighted by atomic mass is 16.5. The van der Waals surface area contributed by atoms with Gasteiger partial charge in [-0.05, 0) is 29.0 Å². The first kappa shape index (κ1) is 16.3. The number of ether oxygens (including phenoxy) is 1. The third kappa shape index (κ3) is 2.26. The Morgan fingerprint density at radius 2 is 1.39 bits per heavy atom. The summed E-state index contributed by atoms with van der Waals surface area (Å²) in [6, 6.07) is 17.3. The number of rotatable bonds is 1. The first-order chi connectivity index (χ1) is 13.5. The van der Waals surface area contributed by atoms with Gasteiger partial charge in [-0.3, -0.25) is 14.4 Å². The lowest BCUT2D eigenvalue weighted by Gasteiger charge is -2.27. The predicted octanol–water partition coefficient (Wildman–Crippen LogP) is 3.42. The minimum atomic E-state index is -1.16. The molecule has 3 aromatic carbocycles. The van der Waals surface area contributed by atoms with E-state index in [0.717, 1.165) is 10.8 Å². The molecule has 2 aliphatic rings. The number of allylic oxidation sites excluding steroid dienone is 2. The Morgan fingerprint density at radius 1 is 0.750 bits per heavy atom. The molecule has 0 aromatic heterocycles. The molecule has 1 atom stereocenters. The van der Waals surface area contributed by atoms with Crippen molar-refractivity contribution in [3.05, 3.63) is 89.0 Å². The summed E-state index contributed by atoms with van der Waals surface area (Å²) in [4.78, 5) is 50.5. The molecule has 134 valence electrons. The first-order valence-corrected chi connectivity index (χ1v) is 8.73. The summed E-state index contributed by atoms with van der Waals surface area (Å²) in [6.07, 6.45) is 1.17. The number of carbonyl (C=O) groups is 4. The van der Waals surface area contributed by atoms with Crippen LogP contribution < -0.4 is 4.74 Å². The molecule has 1 aliphatic heterocycles. The second kappa shape index (κ2) is 5.82. The maximum absolute atomic E-state index is 13.1. The number of fused-ring (bicyclic) bond motifs is 3. The van der Waals surface area contributed by atoms with Crippen molar-refractivity contribution < 1.29 is 23.9 Å². The third-order valence-corrected chi connectivity index (χ3v) is 5.15. The van der Waals surface area contributed by atoms with Crippen LogP contribution in [0, 0.1) is 0 Å². The lowest BCUT2D eigenvalue weighted by atomic mass is 9.77. The maximum Gasteiger partial charge on any atom is 0.381 e. The zero-order chi connectivity index (χ0) is 19.4. The van der Waals surface area contributed by atoms with Crippen molar-refractivity contribution >= 4 is 34.1 Å². The van der Waals surface area contributed by atoms with Crippen LogP contribution in [0.2, 0.25) is 0 Å². The van der Waals surface area contributed by atoms with E-state index in [0.29, 0.717) is 11.1 Å².